The monoisotopic (exact) mass is 227 g/mol. The van der Waals surface area contributed by atoms with Crippen LogP contribution < -0.4 is 4.74 Å². The molecular weight excluding hydrogens is 218 g/mol. The molecule has 0 aromatic heterocycles. The number of halogens is 1. The Hall–Kier alpha value is -0.850. The topological polar surface area (TPSA) is 33.0 Å². The van der Waals surface area contributed by atoms with Gasteiger partial charge < -0.3 is 4.74 Å². The van der Waals surface area contributed by atoms with Gasteiger partial charge in [-0.3, -0.25) is 0 Å². The maximum atomic E-state index is 8.48. The summed E-state index contributed by atoms with van der Waals surface area (Å²) in [6, 6.07) is 9.65. The normalized spacial score (nSPS) is 11.8. The number of ether oxygens (including phenoxy) is 1. The zero-order valence-electron chi connectivity index (χ0n) is 7.74. The Morgan fingerprint density at radius 3 is 2.64 bits per heavy atom. The summed E-state index contributed by atoms with van der Waals surface area (Å²) in [5.74, 6) is 1.43. The van der Waals surface area contributed by atoms with E-state index in [1.807, 2.05) is 30.3 Å². The van der Waals surface area contributed by atoms with Gasteiger partial charge >= 0.3 is 0 Å². The van der Waals surface area contributed by atoms with Crippen LogP contribution in [0.4, 0.5) is 0 Å². The van der Waals surface area contributed by atoms with Crippen molar-refractivity contribution >= 4 is 23.4 Å². The van der Waals surface area contributed by atoms with Gasteiger partial charge in [-0.1, -0.05) is 0 Å². The van der Waals surface area contributed by atoms with Gasteiger partial charge in [0.25, 0.3) is 0 Å². The number of benzene rings is 1. The first kappa shape index (κ1) is 11.2. The Balaban J connectivity index is 2.48. The molecule has 74 valence electrons. The molecule has 1 aromatic carbocycles. The Morgan fingerprint density at radius 1 is 1.50 bits per heavy atom. The third-order valence-electron chi connectivity index (χ3n) is 1.60. The van der Waals surface area contributed by atoms with Crippen LogP contribution in [0.1, 0.15) is 0 Å². The van der Waals surface area contributed by atoms with Crippen molar-refractivity contribution in [3.8, 4) is 11.8 Å². The fraction of sp³-hybridized carbons (Fsp3) is 0.300. The average Bonchev–Trinajstić information content (AvgIpc) is 2.26. The first-order valence-corrected chi connectivity index (χ1v) is 5.49. The van der Waals surface area contributed by atoms with E-state index in [4.69, 9.17) is 21.6 Å². The predicted molar refractivity (Wildman–Crippen MR) is 59.0 cm³/mol. The highest BCUT2D eigenvalue weighted by molar-refractivity contribution is 7.99. The van der Waals surface area contributed by atoms with Gasteiger partial charge in [0.1, 0.15) is 11.1 Å². The van der Waals surface area contributed by atoms with Crippen LogP contribution in [-0.2, 0) is 0 Å². The van der Waals surface area contributed by atoms with E-state index < -0.39 is 5.38 Å². The van der Waals surface area contributed by atoms with Gasteiger partial charge in [-0.05, 0) is 24.3 Å². The standard InChI is InChI=1S/C10H10ClNOS/c1-13-9-2-4-10(5-3-9)14-7-8(11)6-12/h2-5,8H,7H2,1H3. The molecule has 0 fully saturated rings. The number of rotatable bonds is 4. The minimum absolute atomic E-state index is 0.429. The fourth-order valence-electron chi connectivity index (χ4n) is 0.879. The lowest BCUT2D eigenvalue weighted by Gasteiger charge is -2.03. The van der Waals surface area contributed by atoms with Crippen molar-refractivity contribution in [2.75, 3.05) is 12.9 Å². The SMILES string of the molecule is COc1ccc(SCC(Cl)C#N)cc1. The zero-order chi connectivity index (χ0) is 10.4. The second-order valence-corrected chi connectivity index (χ2v) is 4.20. The number of hydrogen-bond acceptors (Lipinski definition) is 3. The summed E-state index contributed by atoms with van der Waals surface area (Å²) in [5, 5.41) is 8.05. The van der Waals surface area contributed by atoms with E-state index in [1.165, 1.54) is 0 Å². The molecule has 1 aromatic rings. The minimum atomic E-state index is -0.429. The molecule has 0 amide bonds. The largest absolute Gasteiger partial charge is 0.497 e. The summed E-state index contributed by atoms with van der Waals surface area (Å²) in [6.07, 6.45) is 0. The molecule has 2 nitrogen and oxygen atoms in total. The molecule has 0 saturated carbocycles. The molecule has 0 aliphatic carbocycles. The number of hydrogen-bond donors (Lipinski definition) is 0. The van der Waals surface area contributed by atoms with E-state index in [1.54, 1.807) is 18.9 Å². The Morgan fingerprint density at radius 2 is 2.14 bits per heavy atom. The van der Waals surface area contributed by atoms with Crippen LogP contribution >= 0.6 is 23.4 Å². The van der Waals surface area contributed by atoms with Gasteiger partial charge in [0, 0.05) is 10.6 Å². The van der Waals surface area contributed by atoms with Gasteiger partial charge in [-0.15, -0.1) is 23.4 Å². The number of methoxy groups -OCH3 is 1. The maximum Gasteiger partial charge on any atom is 0.129 e. The molecule has 0 aliphatic heterocycles. The van der Waals surface area contributed by atoms with Crippen LogP contribution in [0.15, 0.2) is 29.2 Å². The number of nitriles is 1. The van der Waals surface area contributed by atoms with Gasteiger partial charge in [0.2, 0.25) is 0 Å². The van der Waals surface area contributed by atoms with Crippen molar-refractivity contribution in [3.63, 3.8) is 0 Å². The van der Waals surface area contributed by atoms with E-state index in [-0.39, 0.29) is 0 Å². The molecule has 0 aliphatic rings. The minimum Gasteiger partial charge on any atom is -0.497 e. The van der Waals surface area contributed by atoms with Crippen LogP contribution in [0.5, 0.6) is 5.75 Å². The molecule has 1 atom stereocenters. The lowest BCUT2D eigenvalue weighted by atomic mass is 10.3. The highest BCUT2D eigenvalue weighted by Crippen LogP contribution is 2.22. The van der Waals surface area contributed by atoms with Crippen molar-refractivity contribution in [2.45, 2.75) is 10.3 Å². The molecule has 0 bridgehead atoms. The van der Waals surface area contributed by atoms with E-state index in [2.05, 4.69) is 0 Å². The highest BCUT2D eigenvalue weighted by Gasteiger charge is 2.02. The zero-order valence-corrected chi connectivity index (χ0v) is 9.31. The predicted octanol–water partition coefficient (Wildman–Crippen LogP) is 2.92. The summed E-state index contributed by atoms with van der Waals surface area (Å²) in [7, 11) is 1.63. The third-order valence-corrected chi connectivity index (χ3v) is 3.14. The Kier molecular flexibility index (Phi) is 4.64. The van der Waals surface area contributed by atoms with Crippen LogP contribution in [0.25, 0.3) is 0 Å². The summed E-state index contributed by atoms with van der Waals surface area (Å²) in [4.78, 5) is 1.09. The molecule has 1 rings (SSSR count). The molecule has 14 heavy (non-hydrogen) atoms. The third kappa shape index (κ3) is 3.49. The number of nitrogens with zero attached hydrogens (tertiary/aromatic N) is 1. The first-order valence-electron chi connectivity index (χ1n) is 4.07. The van der Waals surface area contributed by atoms with Crippen LogP contribution in [0.3, 0.4) is 0 Å². The number of thioether (sulfide) groups is 1. The lowest BCUT2D eigenvalue weighted by molar-refractivity contribution is 0.414. The fourth-order valence-corrected chi connectivity index (χ4v) is 1.81. The first-order chi connectivity index (χ1) is 6.76. The van der Waals surface area contributed by atoms with Crippen LogP contribution in [0, 0.1) is 11.3 Å². The second-order valence-electron chi connectivity index (χ2n) is 2.58. The van der Waals surface area contributed by atoms with Gasteiger partial charge in [-0.2, -0.15) is 5.26 Å². The van der Waals surface area contributed by atoms with Gasteiger partial charge in [0.15, 0.2) is 0 Å². The van der Waals surface area contributed by atoms with Crippen molar-refractivity contribution < 1.29 is 4.74 Å². The number of alkyl halides is 1. The van der Waals surface area contributed by atoms with Crippen LogP contribution in [0.2, 0.25) is 0 Å². The Labute approximate surface area is 92.8 Å². The maximum absolute atomic E-state index is 8.48. The molecular formula is C10H10ClNOS. The van der Waals surface area contributed by atoms with E-state index in [0.717, 1.165) is 10.6 Å². The van der Waals surface area contributed by atoms with Crippen molar-refractivity contribution in [3.05, 3.63) is 24.3 Å². The van der Waals surface area contributed by atoms with Gasteiger partial charge in [-0.25, -0.2) is 0 Å². The molecule has 0 N–H and O–H groups in total. The van der Waals surface area contributed by atoms with E-state index in [9.17, 15) is 0 Å². The molecule has 0 radical (unpaired) electrons. The summed E-state index contributed by atoms with van der Waals surface area (Å²) < 4.78 is 5.03. The quantitative estimate of drug-likeness (QED) is 0.586. The summed E-state index contributed by atoms with van der Waals surface area (Å²) >= 11 is 7.23. The Bertz CT molecular complexity index is 320. The molecule has 0 spiro atoms. The van der Waals surface area contributed by atoms with Crippen molar-refractivity contribution in [1.82, 2.24) is 0 Å². The van der Waals surface area contributed by atoms with Gasteiger partial charge in [0.05, 0.1) is 13.2 Å². The summed E-state index contributed by atoms with van der Waals surface area (Å²) in [6.45, 7) is 0. The molecule has 0 heterocycles. The molecule has 4 heteroatoms. The molecule has 1 unspecified atom stereocenters. The smallest absolute Gasteiger partial charge is 0.129 e. The molecule has 0 saturated heterocycles. The van der Waals surface area contributed by atoms with Crippen molar-refractivity contribution in [1.29, 1.82) is 5.26 Å². The highest BCUT2D eigenvalue weighted by atomic mass is 35.5. The van der Waals surface area contributed by atoms with E-state index >= 15 is 0 Å². The van der Waals surface area contributed by atoms with Crippen LogP contribution in [-0.4, -0.2) is 18.2 Å². The van der Waals surface area contributed by atoms with Crippen molar-refractivity contribution in [2.24, 2.45) is 0 Å². The van der Waals surface area contributed by atoms with E-state index in [0.29, 0.717) is 5.75 Å². The lowest BCUT2D eigenvalue weighted by Crippen LogP contribution is -1.96. The second kappa shape index (κ2) is 5.79. The summed E-state index contributed by atoms with van der Waals surface area (Å²) in [5.41, 5.74) is 0. The average molecular weight is 228 g/mol.